The van der Waals surface area contributed by atoms with Gasteiger partial charge >= 0.3 is 6.03 Å². The smallest absolute Gasteiger partial charge is 0.317 e. The second-order valence-corrected chi connectivity index (χ2v) is 5.96. The van der Waals surface area contributed by atoms with Gasteiger partial charge in [0.2, 0.25) is 12.3 Å². The number of benzene rings is 1. The number of carbonyl (C=O) groups is 3. The molecule has 1 N–H and O–H groups in total. The minimum Gasteiger partial charge on any atom is -0.342 e. The molecule has 0 spiro atoms. The fourth-order valence-electron chi connectivity index (χ4n) is 2.97. The summed E-state index contributed by atoms with van der Waals surface area (Å²) in [5.41, 5.74) is 0.623. The molecule has 7 nitrogen and oxygen atoms in total. The second kappa shape index (κ2) is 6.86. The highest BCUT2D eigenvalue weighted by molar-refractivity contribution is 5.96. The van der Waals surface area contributed by atoms with Gasteiger partial charge in [-0.2, -0.15) is 0 Å². The van der Waals surface area contributed by atoms with E-state index >= 15 is 0 Å². The zero-order valence-electron chi connectivity index (χ0n) is 13.2. The van der Waals surface area contributed by atoms with Gasteiger partial charge in [-0.3, -0.25) is 9.59 Å². The van der Waals surface area contributed by atoms with Crippen molar-refractivity contribution in [2.24, 2.45) is 0 Å². The van der Waals surface area contributed by atoms with Crippen molar-refractivity contribution in [2.75, 3.05) is 37.6 Å². The van der Waals surface area contributed by atoms with E-state index in [-0.39, 0.29) is 30.2 Å². The Balaban J connectivity index is 1.55. The lowest BCUT2D eigenvalue weighted by Crippen LogP contribution is -2.53. The maximum atomic E-state index is 13.0. The van der Waals surface area contributed by atoms with Crippen molar-refractivity contribution in [3.05, 3.63) is 30.1 Å². The fraction of sp³-hybridized carbons (Fsp3) is 0.438. The lowest BCUT2D eigenvalue weighted by molar-refractivity contribution is -0.119. The molecular formula is C16H19FN4O3. The molecule has 1 aromatic carbocycles. The van der Waals surface area contributed by atoms with Crippen LogP contribution in [0.25, 0.3) is 0 Å². The SMILES string of the molecule is O=CN1CCN(C(=O)NC2CC(=O)N(c3ccc(F)cc3)C2)CC1. The number of urea groups is 1. The van der Waals surface area contributed by atoms with Gasteiger partial charge in [0.15, 0.2) is 0 Å². The van der Waals surface area contributed by atoms with E-state index in [1.165, 1.54) is 12.1 Å². The number of carbonyl (C=O) groups excluding carboxylic acids is 3. The largest absolute Gasteiger partial charge is 0.342 e. The molecule has 2 fully saturated rings. The predicted molar refractivity (Wildman–Crippen MR) is 84.9 cm³/mol. The molecule has 2 saturated heterocycles. The van der Waals surface area contributed by atoms with E-state index in [1.54, 1.807) is 26.8 Å². The highest BCUT2D eigenvalue weighted by atomic mass is 19.1. The molecule has 1 atom stereocenters. The lowest BCUT2D eigenvalue weighted by Gasteiger charge is -2.33. The Bertz CT molecular complexity index is 629. The third-order valence-corrected chi connectivity index (χ3v) is 4.34. The van der Waals surface area contributed by atoms with Crippen molar-refractivity contribution >= 4 is 24.0 Å². The standard InChI is InChI=1S/C16H19FN4O3/c17-12-1-3-14(4-2-12)21-10-13(9-15(21)23)18-16(24)20-7-5-19(11-22)6-8-20/h1-4,11,13H,5-10H2,(H,18,24). The minimum atomic E-state index is -0.357. The monoisotopic (exact) mass is 334 g/mol. The van der Waals surface area contributed by atoms with Gasteiger partial charge < -0.3 is 20.0 Å². The Labute approximate surface area is 139 Å². The summed E-state index contributed by atoms with van der Waals surface area (Å²) in [6, 6.07) is 5.22. The molecule has 0 radical (unpaired) electrons. The number of nitrogens with zero attached hydrogens (tertiary/aromatic N) is 3. The molecule has 0 bridgehead atoms. The molecular weight excluding hydrogens is 315 g/mol. The van der Waals surface area contributed by atoms with Crippen LogP contribution >= 0.6 is 0 Å². The number of nitrogens with one attached hydrogen (secondary N) is 1. The van der Waals surface area contributed by atoms with Gasteiger partial charge in [-0.15, -0.1) is 0 Å². The first-order valence-corrected chi connectivity index (χ1v) is 7.87. The van der Waals surface area contributed by atoms with Crippen LogP contribution in [0.2, 0.25) is 0 Å². The van der Waals surface area contributed by atoms with E-state index in [0.717, 1.165) is 6.41 Å². The lowest BCUT2D eigenvalue weighted by atomic mass is 10.2. The molecule has 2 heterocycles. The number of anilines is 1. The molecule has 24 heavy (non-hydrogen) atoms. The highest BCUT2D eigenvalue weighted by Gasteiger charge is 2.33. The predicted octanol–water partition coefficient (Wildman–Crippen LogP) is 0.415. The van der Waals surface area contributed by atoms with Gasteiger partial charge in [0.05, 0.1) is 6.04 Å². The normalized spacial score (nSPS) is 21.1. The summed E-state index contributed by atoms with van der Waals surface area (Å²) in [6.45, 7) is 2.36. The Kier molecular flexibility index (Phi) is 4.64. The van der Waals surface area contributed by atoms with Gasteiger partial charge in [0, 0.05) is 44.8 Å². The van der Waals surface area contributed by atoms with Gasteiger partial charge in [-0.1, -0.05) is 0 Å². The second-order valence-electron chi connectivity index (χ2n) is 5.96. The molecule has 0 aliphatic carbocycles. The Morgan fingerprint density at radius 2 is 1.83 bits per heavy atom. The van der Waals surface area contributed by atoms with Crippen molar-refractivity contribution in [1.29, 1.82) is 0 Å². The summed E-state index contributed by atoms with van der Waals surface area (Å²) in [5, 5.41) is 2.87. The average molecular weight is 334 g/mol. The Hall–Kier alpha value is -2.64. The first kappa shape index (κ1) is 16.2. The first-order chi connectivity index (χ1) is 11.6. The van der Waals surface area contributed by atoms with Crippen molar-refractivity contribution in [3.8, 4) is 0 Å². The number of hydrogen-bond acceptors (Lipinski definition) is 3. The van der Waals surface area contributed by atoms with Crippen LogP contribution in [0.15, 0.2) is 24.3 Å². The van der Waals surface area contributed by atoms with E-state index in [2.05, 4.69) is 5.32 Å². The maximum absolute atomic E-state index is 13.0. The number of halogens is 1. The summed E-state index contributed by atoms with van der Waals surface area (Å²) in [7, 11) is 0. The zero-order valence-corrected chi connectivity index (χ0v) is 13.2. The van der Waals surface area contributed by atoms with E-state index in [0.29, 0.717) is 38.4 Å². The number of rotatable bonds is 3. The molecule has 1 aromatic rings. The molecule has 2 aliphatic rings. The summed E-state index contributed by atoms with van der Waals surface area (Å²) in [4.78, 5) is 39.9. The molecule has 0 aromatic heterocycles. The summed E-state index contributed by atoms with van der Waals surface area (Å²) in [6.07, 6.45) is 1.00. The van der Waals surface area contributed by atoms with Crippen LogP contribution in [-0.2, 0) is 9.59 Å². The van der Waals surface area contributed by atoms with Crippen LogP contribution in [0.1, 0.15) is 6.42 Å². The van der Waals surface area contributed by atoms with Crippen LogP contribution < -0.4 is 10.2 Å². The first-order valence-electron chi connectivity index (χ1n) is 7.87. The highest BCUT2D eigenvalue weighted by Crippen LogP contribution is 2.22. The summed E-state index contributed by atoms with van der Waals surface area (Å²) in [5.74, 6) is -0.456. The topological polar surface area (TPSA) is 73.0 Å². The molecule has 0 saturated carbocycles. The molecule has 128 valence electrons. The number of piperazine rings is 1. The minimum absolute atomic E-state index is 0.0994. The maximum Gasteiger partial charge on any atom is 0.317 e. The molecule has 8 heteroatoms. The molecule has 2 aliphatic heterocycles. The van der Waals surface area contributed by atoms with E-state index < -0.39 is 0 Å². The number of hydrogen-bond donors (Lipinski definition) is 1. The van der Waals surface area contributed by atoms with Gasteiger partial charge in [0.1, 0.15) is 5.82 Å². The van der Waals surface area contributed by atoms with Crippen molar-refractivity contribution in [3.63, 3.8) is 0 Å². The molecule has 4 amide bonds. The van der Waals surface area contributed by atoms with Crippen molar-refractivity contribution in [1.82, 2.24) is 15.1 Å². The molecule has 3 rings (SSSR count). The fourth-order valence-corrected chi connectivity index (χ4v) is 2.97. The van der Waals surface area contributed by atoms with Crippen LogP contribution in [-0.4, -0.2) is 66.9 Å². The van der Waals surface area contributed by atoms with Gasteiger partial charge in [-0.25, -0.2) is 9.18 Å². The van der Waals surface area contributed by atoms with E-state index in [4.69, 9.17) is 0 Å². The van der Waals surface area contributed by atoms with Crippen molar-refractivity contribution < 1.29 is 18.8 Å². The summed E-state index contributed by atoms with van der Waals surface area (Å²) >= 11 is 0. The molecule has 1 unspecified atom stereocenters. The van der Waals surface area contributed by atoms with Crippen LogP contribution in [0.5, 0.6) is 0 Å². The van der Waals surface area contributed by atoms with Crippen LogP contribution in [0, 0.1) is 5.82 Å². The average Bonchev–Trinajstić information content (AvgIpc) is 2.96. The number of amides is 4. The quantitative estimate of drug-likeness (QED) is 0.814. The van der Waals surface area contributed by atoms with Crippen molar-refractivity contribution in [2.45, 2.75) is 12.5 Å². The van der Waals surface area contributed by atoms with Gasteiger partial charge in [-0.05, 0) is 24.3 Å². The third kappa shape index (κ3) is 3.47. The Morgan fingerprint density at radius 3 is 2.46 bits per heavy atom. The van der Waals surface area contributed by atoms with E-state index in [1.807, 2.05) is 0 Å². The van der Waals surface area contributed by atoms with Crippen LogP contribution in [0.4, 0.5) is 14.9 Å². The Morgan fingerprint density at radius 1 is 1.17 bits per heavy atom. The van der Waals surface area contributed by atoms with Crippen LogP contribution in [0.3, 0.4) is 0 Å². The van der Waals surface area contributed by atoms with Gasteiger partial charge in [0.25, 0.3) is 0 Å². The third-order valence-electron chi connectivity index (χ3n) is 4.34. The summed E-state index contributed by atoms with van der Waals surface area (Å²) < 4.78 is 13.0. The zero-order chi connectivity index (χ0) is 17.1. The van der Waals surface area contributed by atoms with E-state index in [9.17, 15) is 18.8 Å².